The van der Waals surface area contributed by atoms with Gasteiger partial charge in [0.25, 0.3) is 0 Å². The zero-order chi connectivity index (χ0) is 16.8. The van der Waals surface area contributed by atoms with Crippen molar-refractivity contribution in [2.24, 2.45) is 5.92 Å². The van der Waals surface area contributed by atoms with Gasteiger partial charge in [-0.2, -0.15) is 0 Å². The van der Waals surface area contributed by atoms with Gasteiger partial charge in [0.05, 0.1) is 12.3 Å². The molecule has 0 unspecified atom stereocenters. The average Bonchev–Trinajstić information content (AvgIpc) is 3.09. The van der Waals surface area contributed by atoms with Crippen LogP contribution in [0, 0.1) is 5.92 Å². The maximum Gasteiger partial charge on any atom is 0.244 e. The van der Waals surface area contributed by atoms with Crippen LogP contribution >= 0.6 is 23.5 Å². The molecule has 1 aliphatic heterocycles. The Hall–Kier alpha value is -0.900. The van der Waals surface area contributed by atoms with Crippen LogP contribution in [0.3, 0.4) is 0 Å². The van der Waals surface area contributed by atoms with Gasteiger partial charge in [0.2, 0.25) is 10.9 Å². The predicted octanol–water partition coefficient (Wildman–Crippen LogP) is 2.50. The topological polar surface area (TPSA) is 72.5 Å². The molecular weight excluding hydrogens is 339 g/mol. The van der Waals surface area contributed by atoms with E-state index < -0.39 is 17.9 Å². The Morgan fingerprint density at radius 2 is 2.17 bits per heavy atom. The summed E-state index contributed by atoms with van der Waals surface area (Å²) in [4.78, 5) is 8.65. The van der Waals surface area contributed by atoms with E-state index in [0.29, 0.717) is 22.3 Å². The van der Waals surface area contributed by atoms with E-state index in [0.717, 1.165) is 0 Å². The lowest BCUT2D eigenvalue weighted by molar-refractivity contribution is -0.227. The van der Waals surface area contributed by atoms with Gasteiger partial charge in [-0.05, 0) is 18.9 Å². The molecular formula is C14H19FN4O2S2. The summed E-state index contributed by atoms with van der Waals surface area (Å²) in [6.07, 6.45) is 3.90. The first-order valence-electron chi connectivity index (χ1n) is 7.34. The van der Waals surface area contributed by atoms with E-state index in [9.17, 15) is 9.50 Å². The molecule has 0 saturated carbocycles. The highest BCUT2D eigenvalue weighted by Crippen LogP contribution is 2.44. The first-order valence-corrected chi connectivity index (χ1v) is 9.79. The molecule has 0 spiro atoms. The van der Waals surface area contributed by atoms with Crippen LogP contribution in [0.15, 0.2) is 16.4 Å². The van der Waals surface area contributed by atoms with E-state index in [1.807, 2.05) is 19.4 Å². The Kier molecular flexibility index (Phi) is 4.56. The summed E-state index contributed by atoms with van der Waals surface area (Å²) in [6.45, 7) is 3.66. The number of fused-ring (bicyclic) bond motifs is 1. The van der Waals surface area contributed by atoms with Crippen molar-refractivity contribution < 1.29 is 14.2 Å². The van der Waals surface area contributed by atoms with E-state index in [-0.39, 0.29) is 11.8 Å². The lowest BCUT2D eigenvalue weighted by Crippen LogP contribution is -2.37. The molecule has 4 atom stereocenters. The van der Waals surface area contributed by atoms with Crippen molar-refractivity contribution in [1.29, 1.82) is 0 Å². The molecule has 9 heteroatoms. The quantitative estimate of drug-likeness (QED) is 0.842. The van der Waals surface area contributed by atoms with Crippen LogP contribution in [0.5, 0.6) is 0 Å². The number of rotatable bonds is 4. The second-order valence-corrected chi connectivity index (χ2v) is 7.08. The number of alkyl halides is 1. The molecule has 2 aromatic heterocycles. The van der Waals surface area contributed by atoms with Crippen molar-refractivity contribution >= 4 is 29.2 Å². The molecule has 1 aliphatic rings. The second-order valence-electron chi connectivity index (χ2n) is 5.51. The Morgan fingerprint density at radius 1 is 1.43 bits per heavy atom. The number of nitrogens with zero attached hydrogens (tertiary/aromatic N) is 4. The molecule has 23 heavy (non-hydrogen) atoms. The van der Waals surface area contributed by atoms with Crippen LogP contribution in [-0.2, 0) is 10.5 Å². The zero-order valence-corrected chi connectivity index (χ0v) is 15.0. The van der Waals surface area contributed by atoms with Gasteiger partial charge in [-0.3, -0.25) is 0 Å². The third kappa shape index (κ3) is 2.54. The van der Waals surface area contributed by atoms with Gasteiger partial charge in [0.1, 0.15) is 10.7 Å². The zero-order valence-electron chi connectivity index (χ0n) is 13.4. The van der Waals surface area contributed by atoms with E-state index in [2.05, 4.69) is 15.1 Å². The van der Waals surface area contributed by atoms with Gasteiger partial charge in [0.15, 0.2) is 11.8 Å². The Balaban J connectivity index is 2.17. The van der Waals surface area contributed by atoms with E-state index in [1.54, 1.807) is 6.92 Å². The summed E-state index contributed by atoms with van der Waals surface area (Å²) < 4.78 is 21.9. The molecule has 2 aromatic rings. The fourth-order valence-corrected chi connectivity index (χ4v) is 3.81. The van der Waals surface area contributed by atoms with Gasteiger partial charge in [-0.15, -0.1) is 16.9 Å². The molecule has 6 nitrogen and oxygen atoms in total. The largest absolute Gasteiger partial charge is 0.358 e. The molecule has 126 valence electrons. The first-order chi connectivity index (χ1) is 11.0. The lowest BCUT2D eigenvalue weighted by Gasteiger charge is -2.24. The summed E-state index contributed by atoms with van der Waals surface area (Å²) in [6, 6.07) is 0. The molecule has 3 rings (SSSR count). The number of ether oxygens (including phenoxy) is 1. The number of imidazole rings is 1. The SMILES string of the molecule is CC[C@H]1O[C@@](O)(c2cnc3c(SC)nc(SC)nn23)[C@H](F)[C@@H]1C. The third-order valence-electron chi connectivity index (χ3n) is 4.21. The molecule has 3 heterocycles. The average molecular weight is 358 g/mol. The van der Waals surface area contributed by atoms with Crippen molar-refractivity contribution in [1.82, 2.24) is 19.6 Å². The number of aromatic nitrogens is 4. The van der Waals surface area contributed by atoms with Crippen LogP contribution in [0.25, 0.3) is 5.65 Å². The highest BCUT2D eigenvalue weighted by Gasteiger charge is 2.55. The minimum atomic E-state index is -2.04. The van der Waals surface area contributed by atoms with Gasteiger partial charge < -0.3 is 9.84 Å². The molecule has 0 radical (unpaired) electrons. The van der Waals surface area contributed by atoms with Crippen molar-refractivity contribution in [3.63, 3.8) is 0 Å². The molecule has 0 aliphatic carbocycles. The van der Waals surface area contributed by atoms with Gasteiger partial charge in [-0.25, -0.2) is 18.9 Å². The second kappa shape index (κ2) is 6.19. The standard InChI is InChI=1S/C14H19FN4O2S2/c1-5-8-7(2)10(15)14(20,21-8)9-6-16-11-12(22-3)17-13(23-4)18-19(9)11/h6-8,10,20H,5H2,1-4H3/t7-,8-,10-,14+/m1/s1. The molecule has 1 saturated heterocycles. The number of halogens is 1. The van der Waals surface area contributed by atoms with E-state index in [4.69, 9.17) is 4.74 Å². The minimum Gasteiger partial charge on any atom is -0.358 e. The fraction of sp³-hybridized carbons (Fsp3) is 0.643. The summed E-state index contributed by atoms with van der Waals surface area (Å²) in [5.41, 5.74) is 0.693. The number of hydrogen-bond donors (Lipinski definition) is 1. The van der Waals surface area contributed by atoms with Crippen LogP contribution in [-0.4, -0.2) is 49.5 Å². The van der Waals surface area contributed by atoms with Gasteiger partial charge >= 0.3 is 0 Å². The molecule has 0 amide bonds. The molecule has 1 fully saturated rings. The summed E-state index contributed by atoms with van der Waals surface area (Å²) in [5, 5.41) is 16.4. The summed E-state index contributed by atoms with van der Waals surface area (Å²) in [7, 11) is 0. The third-order valence-corrected chi connectivity index (χ3v) is 5.41. The molecule has 0 aromatic carbocycles. The Labute approximate surface area is 142 Å². The van der Waals surface area contributed by atoms with E-state index in [1.165, 1.54) is 34.2 Å². The van der Waals surface area contributed by atoms with Crippen molar-refractivity contribution in [3.05, 3.63) is 11.9 Å². The smallest absolute Gasteiger partial charge is 0.244 e. The normalized spacial score (nSPS) is 31.1. The first kappa shape index (κ1) is 16.9. The van der Waals surface area contributed by atoms with Crippen molar-refractivity contribution in [2.75, 3.05) is 12.5 Å². The van der Waals surface area contributed by atoms with Crippen LogP contribution in [0.2, 0.25) is 0 Å². The van der Waals surface area contributed by atoms with E-state index >= 15 is 0 Å². The molecule has 0 bridgehead atoms. The highest BCUT2D eigenvalue weighted by atomic mass is 32.2. The Morgan fingerprint density at radius 3 is 2.74 bits per heavy atom. The summed E-state index contributed by atoms with van der Waals surface area (Å²) in [5.74, 6) is -2.45. The van der Waals surface area contributed by atoms with Crippen LogP contribution in [0.1, 0.15) is 26.0 Å². The van der Waals surface area contributed by atoms with Crippen molar-refractivity contribution in [2.45, 2.75) is 48.5 Å². The number of hydrogen-bond acceptors (Lipinski definition) is 7. The minimum absolute atomic E-state index is 0.204. The number of aliphatic hydroxyl groups is 1. The maximum atomic E-state index is 14.8. The number of thioether (sulfide) groups is 2. The highest BCUT2D eigenvalue weighted by molar-refractivity contribution is 7.99. The predicted molar refractivity (Wildman–Crippen MR) is 87.5 cm³/mol. The van der Waals surface area contributed by atoms with Crippen LogP contribution in [0.4, 0.5) is 4.39 Å². The monoisotopic (exact) mass is 358 g/mol. The molecule has 1 N–H and O–H groups in total. The fourth-order valence-electron chi connectivity index (χ4n) is 2.91. The van der Waals surface area contributed by atoms with Gasteiger partial charge in [-0.1, -0.05) is 25.6 Å². The summed E-state index contributed by atoms with van der Waals surface area (Å²) >= 11 is 2.80. The maximum absolute atomic E-state index is 14.8. The van der Waals surface area contributed by atoms with Crippen molar-refractivity contribution in [3.8, 4) is 0 Å². The van der Waals surface area contributed by atoms with Crippen LogP contribution < -0.4 is 0 Å². The Bertz CT molecular complexity index is 728. The lowest BCUT2D eigenvalue weighted by atomic mass is 9.95. The van der Waals surface area contributed by atoms with Gasteiger partial charge in [0, 0.05) is 5.92 Å².